The number of ether oxygens (including phenoxy) is 4. The van der Waals surface area contributed by atoms with Gasteiger partial charge in [0.25, 0.3) is 0 Å². The number of halogens is 2. The molecule has 21 heavy (non-hydrogen) atoms. The normalized spacial score (nSPS) is 10.9. The van der Waals surface area contributed by atoms with Crippen LogP contribution in [0.2, 0.25) is 0 Å². The molecule has 1 aromatic carbocycles. The van der Waals surface area contributed by atoms with E-state index in [1.54, 1.807) is 25.3 Å². The number of anilines is 1. The van der Waals surface area contributed by atoms with Crippen LogP contribution in [0.3, 0.4) is 0 Å². The standard InChI is InChI=1S/C14H21F2NO4/c1-18-8-9-20-11-10-19-7-6-17-12-4-2-3-5-13(12)21-14(15)16/h2-5,14,17H,6-11H2,1H3. The number of methoxy groups -OCH3 is 1. The van der Waals surface area contributed by atoms with E-state index in [9.17, 15) is 8.78 Å². The molecule has 0 amide bonds. The van der Waals surface area contributed by atoms with Gasteiger partial charge in [-0.2, -0.15) is 8.78 Å². The second-order valence-electron chi connectivity index (χ2n) is 4.02. The molecular weight excluding hydrogens is 284 g/mol. The topological polar surface area (TPSA) is 49.0 Å². The van der Waals surface area contributed by atoms with Crippen LogP contribution in [0.1, 0.15) is 0 Å². The van der Waals surface area contributed by atoms with Gasteiger partial charge in [0, 0.05) is 13.7 Å². The molecule has 0 bridgehead atoms. The first-order valence-corrected chi connectivity index (χ1v) is 6.66. The monoisotopic (exact) mass is 305 g/mol. The molecule has 0 radical (unpaired) electrons. The van der Waals surface area contributed by atoms with Crippen molar-refractivity contribution in [1.82, 2.24) is 0 Å². The van der Waals surface area contributed by atoms with Crippen LogP contribution in [0.15, 0.2) is 24.3 Å². The Morgan fingerprint density at radius 1 is 1.00 bits per heavy atom. The zero-order chi connectivity index (χ0) is 15.3. The Labute approximate surface area is 123 Å². The Balaban J connectivity index is 2.12. The second-order valence-corrected chi connectivity index (χ2v) is 4.02. The highest BCUT2D eigenvalue weighted by molar-refractivity contribution is 5.56. The molecule has 0 atom stereocenters. The summed E-state index contributed by atoms with van der Waals surface area (Å²) in [7, 11) is 1.61. The lowest BCUT2D eigenvalue weighted by atomic mass is 10.3. The van der Waals surface area contributed by atoms with Gasteiger partial charge >= 0.3 is 6.61 Å². The minimum atomic E-state index is -2.84. The molecule has 0 heterocycles. The van der Waals surface area contributed by atoms with E-state index in [1.807, 2.05) is 0 Å². The fourth-order valence-electron chi connectivity index (χ4n) is 1.53. The van der Waals surface area contributed by atoms with Crippen molar-refractivity contribution in [2.75, 3.05) is 52.0 Å². The highest BCUT2D eigenvalue weighted by atomic mass is 19.3. The second kappa shape index (κ2) is 11.2. The Morgan fingerprint density at radius 2 is 1.67 bits per heavy atom. The van der Waals surface area contributed by atoms with E-state index in [-0.39, 0.29) is 5.75 Å². The molecule has 5 nitrogen and oxygen atoms in total. The molecule has 0 aliphatic carbocycles. The zero-order valence-corrected chi connectivity index (χ0v) is 12.0. The van der Waals surface area contributed by atoms with Gasteiger partial charge in [0.2, 0.25) is 0 Å². The van der Waals surface area contributed by atoms with E-state index < -0.39 is 6.61 Å². The van der Waals surface area contributed by atoms with E-state index in [0.717, 1.165) is 0 Å². The summed E-state index contributed by atoms with van der Waals surface area (Å²) in [6.45, 7) is 0.153. The Morgan fingerprint density at radius 3 is 2.38 bits per heavy atom. The van der Waals surface area contributed by atoms with Crippen molar-refractivity contribution < 1.29 is 27.7 Å². The third-order valence-electron chi connectivity index (χ3n) is 2.47. The van der Waals surface area contributed by atoms with Crippen LogP contribution in [0.25, 0.3) is 0 Å². The summed E-state index contributed by atoms with van der Waals surface area (Å²) in [5.41, 5.74) is 0.512. The molecule has 7 heteroatoms. The minimum absolute atomic E-state index is 0.121. The van der Waals surface area contributed by atoms with Gasteiger partial charge < -0.3 is 24.3 Å². The maximum atomic E-state index is 12.2. The number of rotatable bonds is 12. The van der Waals surface area contributed by atoms with Gasteiger partial charge in [-0.15, -0.1) is 0 Å². The molecule has 0 spiro atoms. The third kappa shape index (κ3) is 8.44. The molecule has 120 valence electrons. The van der Waals surface area contributed by atoms with Gasteiger partial charge in [-0.25, -0.2) is 0 Å². The number of hydrogen-bond donors (Lipinski definition) is 1. The van der Waals surface area contributed by atoms with Crippen molar-refractivity contribution in [3.05, 3.63) is 24.3 Å². The molecule has 0 fully saturated rings. The van der Waals surface area contributed by atoms with Gasteiger partial charge in [-0.3, -0.25) is 0 Å². The first-order valence-electron chi connectivity index (χ1n) is 6.66. The lowest BCUT2D eigenvalue weighted by Gasteiger charge is -2.12. The maximum absolute atomic E-state index is 12.2. The van der Waals surface area contributed by atoms with Crippen LogP contribution < -0.4 is 10.1 Å². The SMILES string of the molecule is COCCOCCOCCNc1ccccc1OC(F)F. The summed E-state index contributed by atoms with van der Waals surface area (Å²) in [6, 6.07) is 6.53. The van der Waals surface area contributed by atoms with Crippen LogP contribution in [-0.4, -0.2) is 53.3 Å². The minimum Gasteiger partial charge on any atom is -0.433 e. The lowest BCUT2D eigenvalue weighted by molar-refractivity contribution is -0.0493. The van der Waals surface area contributed by atoms with Gasteiger partial charge in [-0.05, 0) is 12.1 Å². The number of nitrogens with one attached hydrogen (secondary N) is 1. The fraction of sp³-hybridized carbons (Fsp3) is 0.571. The van der Waals surface area contributed by atoms with E-state index >= 15 is 0 Å². The number of alkyl halides is 2. The summed E-state index contributed by atoms with van der Waals surface area (Å²) in [5, 5.41) is 2.99. The Bertz CT molecular complexity index is 380. The van der Waals surface area contributed by atoms with Gasteiger partial charge in [0.15, 0.2) is 0 Å². The molecule has 0 unspecified atom stereocenters. The van der Waals surface area contributed by atoms with E-state index in [1.165, 1.54) is 6.07 Å². The highest BCUT2D eigenvalue weighted by Crippen LogP contribution is 2.24. The average molecular weight is 305 g/mol. The molecule has 1 aromatic rings. The predicted molar refractivity (Wildman–Crippen MR) is 75.1 cm³/mol. The highest BCUT2D eigenvalue weighted by Gasteiger charge is 2.08. The smallest absolute Gasteiger partial charge is 0.387 e. The van der Waals surface area contributed by atoms with Gasteiger partial charge in [-0.1, -0.05) is 12.1 Å². The Kier molecular flexibility index (Phi) is 9.43. The fourth-order valence-corrected chi connectivity index (χ4v) is 1.53. The quantitative estimate of drug-likeness (QED) is 0.601. The van der Waals surface area contributed by atoms with Gasteiger partial charge in [0.05, 0.1) is 38.7 Å². The molecular formula is C14H21F2NO4. The van der Waals surface area contributed by atoms with Crippen molar-refractivity contribution in [2.24, 2.45) is 0 Å². The average Bonchev–Trinajstić information content (AvgIpc) is 2.46. The molecule has 1 N–H and O–H groups in total. The zero-order valence-electron chi connectivity index (χ0n) is 12.0. The molecule has 0 aliphatic heterocycles. The molecule has 0 aliphatic rings. The molecule has 0 aromatic heterocycles. The number of para-hydroxylation sites is 2. The molecule has 1 rings (SSSR count). The van der Waals surface area contributed by atoms with Crippen molar-refractivity contribution >= 4 is 5.69 Å². The van der Waals surface area contributed by atoms with Gasteiger partial charge in [0.1, 0.15) is 5.75 Å². The largest absolute Gasteiger partial charge is 0.433 e. The van der Waals surface area contributed by atoms with Crippen LogP contribution in [-0.2, 0) is 14.2 Å². The van der Waals surface area contributed by atoms with Crippen molar-refractivity contribution in [1.29, 1.82) is 0 Å². The molecule has 0 saturated carbocycles. The van der Waals surface area contributed by atoms with Crippen LogP contribution in [0, 0.1) is 0 Å². The Hall–Kier alpha value is -1.44. The van der Waals surface area contributed by atoms with Crippen LogP contribution >= 0.6 is 0 Å². The van der Waals surface area contributed by atoms with Crippen molar-refractivity contribution in [3.63, 3.8) is 0 Å². The summed E-state index contributed by atoms with van der Waals surface area (Å²) < 4.78 is 44.2. The van der Waals surface area contributed by atoms with E-state index in [0.29, 0.717) is 45.3 Å². The number of benzene rings is 1. The number of hydrogen-bond acceptors (Lipinski definition) is 5. The maximum Gasteiger partial charge on any atom is 0.387 e. The molecule has 0 saturated heterocycles. The summed E-state index contributed by atoms with van der Waals surface area (Å²) >= 11 is 0. The summed E-state index contributed by atoms with van der Waals surface area (Å²) in [4.78, 5) is 0. The van der Waals surface area contributed by atoms with Crippen LogP contribution in [0.5, 0.6) is 5.75 Å². The van der Waals surface area contributed by atoms with Crippen LogP contribution in [0.4, 0.5) is 14.5 Å². The van der Waals surface area contributed by atoms with Crippen molar-refractivity contribution in [3.8, 4) is 5.75 Å². The summed E-state index contributed by atoms with van der Waals surface area (Å²) in [5.74, 6) is 0.121. The summed E-state index contributed by atoms with van der Waals surface area (Å²) in [6.07, 6.45) is 0. The van der Waals surface area contributed by atoms with Crippen molar-refractivity contribution in [2.45, 2.75) is 6.61 Å². The first kappa shape index (κ1) is 17.6. The third-order valence-corrected chi connectivity index (χ3v) is 2.47. The lowest BCUT2D eigenvalue weighted by Crippen LogP contribution is -2.14. The van der Waals surface area contributed by atoms with E-state index in [4.69, 9.17) is 14.2 Å². The predicted octanol–water partition coefficient (Wildman–Crippen LogP) is 2.38. The first-order chi connectivity index (χ1) is 10.2. The van der Waals surface area contributed by atoms with E-state index in [2.05, 4.69) is 10.1 Å².